The first-order chi connectivity index (χ1) is 21.3. The second-order valence-corrected chi connectivity index (χ2v) is 11.9. The zero-order chi connectivity index (χ0) is 33.9. The first-order valence-electron chi connectivity index (χ1n) is 14.0. The molecule has 14 heteroatoms. The minimum absolute atomic E-state index is 0.0940. The van der Waals surface area contributed by atoms with Crippen molar-refractivity contribution in [2.75, 3.05) is 5.32 Å². The van der Waals surface area contributed by atoms with Crippen molar-refractivity contribution in [3.05, 3.63) is 99.2 Å². The van der Waals surface area contributed by atoms with Gasteiger partial charge in [-0.3, -0.25) is 4.90 Å². The maximum Gasteiger partial charge on any atom is 0.416 e. The second kappa shape index (κ2) is 11.4. The number of para-hydroxylation sites is 1. The third-order valence-electron chi connectivity index (χ3n) is 8.20. The number of rotatable bonds is 5. The number of carbonyl (C=O) groups excluding carboxylic acids is 1. The van der Waals surface area contributed by atoms with Crippen molar-refractivity contribution < 1.29 is 39.9 Å². The molecule has 244 valence electrons. The number of benzene rings is 3. The fourth-order valence-electron chi connectivity index (χ4n) is 5.90. The van der Waals surface area contributed by atoms with Crippen LogP contribution in [0.25, 0.3) is 16.9 Å². The van der Waals surface area contributed by atoms with Crippen molar-refractivity contribution >= 4 is 11.7 Å². The van der Waals surface area contributed by atoms with E-state index in [0.29, 0.717) is 23.0 Å². The third-order valence-corrected chi connectivity index (χ3v) is 8.20. The molecule has 3 N–H and O–H groups in total. The molecular weight excluding hydrogens is 622 g/mol. The van der Waals surface area contributed by atoms with E-state index in [2.05, 4.69) is 0 Å². The van der Waals surface area contributed by atoms with Crippen LogP contribution in [0.2, 0.25) is 0 Å². The predicted octanol–water partition coefficient (Wildman–Crippen LogP) is 8.30. The molecule has 0 radical (unpaired) electrons. The van der Waals surface area contributed by atoms with Gasteiger partial charge in [-0.05, 0) is 62.6 Å². The van der Waals surface area contributed by atoms with E-state index < -0.39 is 58.9 Å². The molecule has 2 heterocycles. The number of nitrogens with zero attached hydrogens (tertiary/aromatic N) is 3. The number of nitrogens with two attached hydrogens (primary N) is 1. The average Bonchev–Trinajstić information content (AvgIpc) is 3.25. The molecular formula is C32H29F8N5O. The van der Waals surface area contributed by atoms with Gasteiger partial charge in [-0.1, -0.05) is 24.3 Å². The first-order valence-corrected chi connectivity index (χ1v) is 14.0. The summed E-state index contributed by atoms with van der Waals surface area (Å²) in [5.41, 5.74) is 3.41. The number of urea groups is 1. The lowest BCUT2D eigenvalue weighted by atomic mass is 9.87. The second-order valence-electron chi connectivity index (χ2n) is 11.9. The van der Waals surface area contributed by atoms with E-state index >= 15 is 8.78 Å². The molecule has 1 aromatic heterocycles. The Kier molecular flexibility index (Phi) is 8.16. The van der Waals surface area contributed by atoms with Crippen molar-refractivity contribution in [1.29, 1.82) is 0 Å². The van der Waals surface area contributed by atoms with Gasteiger partial charge in [0.1, 0.15) is 11.6 Å². The van der Waals surface area contributed by atoms with Crippen molar-refractivity contribution in [1.82, 2.24) is 14.7 Å². The van der Waals surface area contributed by atoms with E-state index in [1.165, 1.54) is 4.68 Å². The fraction of sp³-hybridized carbons (Fsp3) is 0.312. The minimum atomic E-state index is -5.07. The standard InChI is InChI=1S/C32H29F8N5O/c1-16-6-5-7-17(2)27(16)45-28(20-11-24(34)25(12-23(20)33)42-29(41)46)21-15-44(30(3,4)13-26(21)43-45)14-18-8-9-19(31(35,36)37)10-22(18)32(38,39)40/h5-12H,13-15H2,1-4H3,(H3,41,42,46). The zero-order valence-electron chi connectivity index (χ0n) is 25.1. The summed E-state index contributed by atoms with van der Waals surface area (Å²) in [4.78, 5) is 13.0. The monoisotopic (exact) mass is 651 g/mol. The molecule has 0 bridgehead atoms. The number of anilines is 1. The summed E-state index contributed by atoms with van der Waals surface area (Å²) in [6.07, 6.45) is -9.88. The zero-order valence-corrected chi connectivity index (χ0v) is 25.1. The number of hydrogen-bond donors (Lipinski definition) is 2. The third kappa shape index (κ3) is 6.17. The number of carbonyl (C=O) groups is 1. The lowest BCUT2D eigenvalue weighted by Gasteiger charge is -2.42. The molecule has 5 rings (SSSR count). The van der Waals surface area contributed by atoms with Crippen molar-refractivity contribution in [3.8, 4) is 16.9 Å². The normalized spacial score (nSPS) is 15.1. The molecule has 0 unspecified atom stereocenters. The summed E-state index contributed by atoms with van der Waals surface area (Å²) in [5, 5.41) is 6.82. The van der Waals surface area contributed by atoms with E-state index in [9.17, 15) is 31.1 Å². The number of hydrogen-bond acceptors (Lipinski definition) is 3. The number of fused-ring (bicyclic) bond motifs is 1. The molecule has 2 amide bonds. The van der Waals surface area contributed by atoms with E-state index in [4.69, 9.17) is 10.8 Å². The lowest BCUT2D eigenvalue weighted by molar-refractivity contribution is -0.143. The van der Waals surface area contributed by atoms with Crippen LogP contribution < -0.4 is 11.1 Å². The molecule has 3 aromatic carbocycles. The number of halogens is 8. The van der Waals surface area contributed by atoms with Gasteiger partial charge in [0.25, 0.3) is 0 Å². The summed E-state index contributed by atoms with van der Waals surface area (Å²) in [6.45, 7) is 6.65. The SMILES string of the molecule is Cc1cccc(C)c1-n1nc2c(c1-c1cc(F)c(NC(N)=O)cc1F)CN(Cc1ccc(C(F)(F)F)cc1C(F)(F)F)C(C)(C)C2. The van der Waals surface area contributed by atoms with Crippen LogP contribution in [0.1, 0.15) is 52.9 Å². The van der Waals surface area contributed by atoms with Gasteiger partial charge in [-0.2, -0.15) is 31.4 Å². The topological polar surface area (TPSA) is 76.2 Å². The van der Waals surface area contributed by atoms with E-state index in [-0.39, 0.29) is 35.9 Å². The van der Waals surface area contributed by atoms with Gasteiger partial charge in [-0.25, -0.2) is 18.3 Å². The summed E-state index contributed by atoms with van der Waals surface area (Å²) in [5.74, 6) is -1.93. The molecule has 0 saturated carbocycles. The number of primary amides is 1. The Bertz CT molecular complexity index is 1820. The Balaban J connectivity index is 1.69. The van der Waals surface area contributed by atoms with Crippen molar-refractivity contribution in [2.45, 2.75) is 65.1 Å². The van der Waals surface area contributed by atoms with E-state index in [0.717, 1.165) is 29.3 Å². The van der Waals surface area contributed by atoms with Gasteiger partial charge in [0.15, 0.2) is 0 Å². The largest absolute Gasteiger partial charge is 0.416 e. The van der Waals surface area contributed by atoms with E-state index in [1.54, 1.807) is 18.7 Å². The number of amides is 2. The molecule has 1 aliphatic rings. The van der Waals surface area contributed by atoms with Gasteiger partial charge in [-0.15, -0.1) is 0 Å². The summed E-state index contributed by atoms with van der Waals surface area (Å²) in [6, 6.07) is 7.50. The van der Waals surface area contributed by atoms with Crippen LogP contribution in [-0.4, -0.2) is 26.3 Å². The van der Waals surface area contributed by atoms with Gasteiger partial charge in [0, 0.05) is 42.2 Å². The molecule has 6 nitrogen and oxygen atoms in total. The number of aryl methyl sites for hydroxylation is 2. The summed E-state index contributed by atoms with van der Waals surface area (Å²) < 4.78 is 115. The number of alkyl halides is 6. The highest BCUT2D eigenvalue weighted by Gasteiger charge is 2.42. The van der Waals surface area contributed by atoms with Gasteiger partial charge in [0.05, 0.1) is 33.9 Å². The molecule has 0 atom stereocenters. The Hall–Kier alpha value is -4.46. The highest BCUT2D eigenvalue weighted by molar-refractivity contribution is 5.88. The van der Waals surface area contributed by atoms with Crippen LogP contribution in [-0.2, 0) is 31.9 Å². The summed E-state index contributed by atoms with van der Waals surface area (Å²) in [7, 11) is 0. The molecule has 0 aliphatic carbocycles. The molecule has 0 spiro atoms. The fourth-order valence-corrected chi connectivity index (χ4v) is 5.90. The van der Waals surface area contributed by atoms with Crippen LogP contribution in [0, 0.1) is 25.5 Å². The van der Waals surface area contributed by atoms with Crippen molar-refractivity contribution in [3.63, 3.8) is 0 Å². The van der Waals surface area contributed by atoms with E-state index in [1.807, 2.05) is 37.4 Å². The van der Waals surface area contributed by atoms with Crippen LogP contribution in [0.4, 0.5) is 45.6 Å². The maximum absolute atomic E-state index is 15.8. The van der Waals surface area contributed by atoms with Crippen LogP contribution in [0.5, 0.6) is 0 Å². The Morgan fingerprint density at radius 1 is 0.957 bits per heavy atom. The lowest BCUT2D eigenvalue weighted by Crippen LogP contribution is -2.48. The summed E-state index contributed by atoms with van der Waals surface area (Å²) >= 11 is 0. The molecule has 4 aromatic rings. The smallest absolute Gasteiger partial charge is 0.351 e. The number of nitrogens with one attached hydrogen (secondary N) is 1. The molecule has 46 heavy (non-hydrogen) atoms. The predicted molar refractivity (Wildman–Crippen MR) is 155 cm³/mol. The Labute approximate surface area is 258 Å². The molecule has 1 aliphatic heterocycles. The molecule has 0 saturated heterocycles. The van der Waals surface area contributed by atoms with Crippen LogP contribution >= 0.6 is 0 Å². The van der Waals surface area contributed by atoms with Crippen LogP contribution in [0.15, 0.2) is 48.5 Å². The quantitative estimate of drug-likeness (QED) is 0.213. The Morgan fingerprint density at radius 3 is 2.20 bits per heavy atom. The van der Waals surface area contributed by atoms with Gasteiger partial charge < -0.3 is 11.1 Å². The number of aromatic nitrogens is 2. The molecule has 0 fully saturated rings. The van der Waals surface area contributed by atoms with Gasteiger partial charge >= 0.3 is 18.4 Å². The van der Waals surface area contributed by atoms with Crippen molar-refractivity contribution in [2.24, 2.45) is 5.73 Å². The maximum atomic E-state index is 15.8. The highest BCUT2D eigenvalue weighted by atomic mass is 19.4. The Morgan fingerprint density at radius 2 is 1.61 bits per heavy atom. The van der Waals surface area contributed by atoms with Crippen LogP contribution in [0.3, 0.4) is 0 Å². The highest BCUT2D eigenvalue weighted by Crippen LogP contribution is 2.43. The average molecular weight is 652 g/mol. The first kappa shape index (κ1) is 32.9. The van der Waals surface area contributed by atoms with Gasteiger partial charge in [0.2, 0.25) is 0 Å². The minimum Gasteiger partial charge on any atom is -0.351 e.